The lowest BCUT2D eigenvalue weighted by Crippen LogP contribution is -2.47. The summed E-state index contributed by atoms with van der Waals surface area (Å²) in [7, 11) is 2.05. The first-order chi connectivity index (χ1) is 13.4. The first-order valence-corrected chi connectivity index (χ1v) is 9.56. The van der Waals surface area contributed by atoms with Crippen molar-refractivity contribution in [2.45, 2.75) is 13.3 Å². The highest BCUT2D eigenvalue weighted by molar-refractivity contribution is 5.96. The number of anilines is 1. The van der Waals surface area contributed by atoms with E-state index in [-0.39, 0.29) is 23.5 Å². The van der Waals surface area contributed by atoms with Crippen molar-refractivity contribution in [3.8, 4) is 0 Å². The summed E-state index contributed by atoms with van der Waals surface area (Å²) in [6, 6.07) is 13.4. The summed E-state index contributed by atoms with van der Waals surface area (Å²) in [4.78, 5) is 29.0. The van der Waals surface area contributed by atoms with Crippen LogP contribution in [0.25, 0.3) is 0 Å². The average Bonchev–Trinajstić information content (AvgIpc) is 2.70. The van der Waals surface area contributed by atoms with E-state index < -0.39 is 0 Å². The van der Waals surface area contributed by atoms with Crippen LogP contribution in [0.3, 0.4) is 0 Å². The van der Waals surface area contributed by atoms with Crippen molar-refractivity contribution in [1.82, 2.24) is 9.80 Å². The molecule has 0 aliphatic carbocycles. The maximum absolute atomic E-state index is 13.8. The smallest absolute Gasteiger partial charge is 0.253 e. The quantitative estimate of drug-likeness (QED) is 0.864. The van der Waals surface area contributed by atoms with Gasteiger partial charge in [0.1, 0.15) is 5.82 Å². The van der Waals surface area contributed by atoms with Crippen molar-refractivity contribution in [1.29, 1.82) is 0 Å². The van der Waals surface area contributed by atoms with Crippen LogP contribution < -0.4 is 5.32 Å². The molecule has 6 heteroatoms. The van der Waals surface area contributed by atoms with Crippen molar-refractivity contribution in [3.05, 3.63) is 65.5 Å². The van der Waals surface area contributed by atoms with Crippen LogP contribution in [-0.4, -0.2) is 54.8 Å². The van der Waals surface area contributed by atoms with Gasteiger partial charge >= 0.3 is 0 Å². The predicted octanol–water partition coefficient (Wildman–Crippen LogP) is 3.03. The van der Waals surface area contributed by atoms with Crippen LogP contribution in [0.2, 0.25) is 0 Å². The molecule has 0 saturated carbocycles. The molecule has 148 valence electrons. The fourth-order valence-corrected chi connectivity index (χ4v) is 3.24. The topological polar surface area (TPSA) is 52.7 Å². The van der Waals surface area contributed by atoms with Gasteiger partial charge in [-0.1, -0.05) is 25.1 Å². The van der Waals surface area contributed by atoms with Gasteiger partial charge < -0.3 is 15.1 Å². The van der Waals surface area contributed by atoms with E-state index in [2.05, 4.69) is 10.2 Å². The van der Waals surface area contributed by atoms with Crippen LogP contribution in [-0.2, 0) is 11.2 Å². The molecule has 5 nitrogen and oxygen atoms in total. The Kier molecular flexibility index (Phi) is 6.41. The molecule has 1 unspecified atom stereocenters. The third kappa shape index (κ3) is 4.95. The van der Waals surface area contributed by atoms with Gasteiger partial charge in [0.15, 0.2) is 0 Å². The van der Waals surface area contributed by atoms with Gasteiger partial charge in [-0.05, 0) is 49.4 Å². The van der Waals surface area contributed by atoms with E-state index in [0.717, 1.165) is 26.2 Å². The summed E-state index contributed by atoms with van der Waals surface area (Å²) < 4.78 is 13.8. The Labute approximate surface area is 165 Å². The van der Waals surface area contributed by atoms with E-state index in [1.54, 1.807) is 49.4 Å². The molecule has 1 fully saturated rings. The SMILES string of the molecule is CC(Cc1ccccc1F)C(=O)Nc1ccc(C(=O)N2CCN(C)CC2)cc1. The van der Waals surface area contributed by atoms with Crippen LogP contribution in [0.15, 0.2) is 48.5 Å². The minimum Gasteiger partial charge on any atom is -0.336 e. The molecule has 1 aliphatic heterocycles. The van der Waals surface area contributed by atoms with Crippen molar-refractivity contribution in [3.63, 3.8) is 0 Å². The maximum Gasteiger partial charge on any atom is 0.253 e. The second kappa shape index (κ2) is 8.97. The highest BCUT2D eigenvalue weighted by Gasteiger charge is 2.20. The summed E-state index contributed by atoms with van der Waals surface area (Å²) in [6.45, 7) is 4.97. The predicted molar refractivity (Wildman–Crippen MR) is 108 cm³/mol. The second-order valence-corrected chi connectivity index (χ2v) is 7.36. The molecule has 2 amide bonds. The van der Waals surface area contributed by atoms with Crippen LogP contribution in [0.4, 0.5) is 10.1 Å². The number of hydrogen-bond donors (Lipinski definition) is 1. The Hall–Kier alpha value is -2.73. The molecular formula is C22H26FN3O2. The first kappa shape index (κ1) is 20.0. The van der Waals surface area contributed by atoms with Gasteiger partial charge in [0.05, 0.1) is 0 Å². The van der Waals surface area contributed by atoms with Gasteiger partial charge in [0.2, 0.25) is 5.91 Å². The van der Waals surface area contributed by atoms with Gasteiger partial charge in [-0.25, -0.2) is 4.39 Å². The Morgan fingerprint density at radius 3 is 2.32 bits per heavy atom. The normalized spacial score (nSPS) is 15.9. The molecule has 2 aromatic rings. The zero-order valence-corrected chi connectivity index (χ0v) is 16.3. The first-order valence-electron chi connectivity index (χ1n) is 9.56. The van der Waals surface area contributed by atoms with Crippen molar-refractivity contribution >= 4 is 17.5 Å². The number of nitrogens with one attached hydrogen (secondary N) is 1. The number of carbonyl (C=O) groups excluding carboxylic acids is 2. The molecule has 0 radical (unpaired) electrons. The third-order valence-electron chi connectivity index (χ3n) is 5.12. The lowest BCUT2D eigenvalue weighted by molar-refractivity contribution is -0.119. The number of carbonyl (C=O) groups is 2. The lowest BCUT2D eigenvalue weighted by atomic mass is 10.00. The molecule has 1 aliphatic rings. The zero-order valence-electron chi connectivity index (χ0n) is 16.3. The molecule has 28 heavy (non-hydrogen) atoms. The Bertz CT molecular complexity index is 830. The second-order valence-electron chi connectivity index (χ2n) is 7.36. The van der Waals surface area contributed by atoms with Crippen LogP contribution in [0.5, 0.6) is 0 Å². The number of halogens is 1. The minimum absolute atomic E-state index is 0.0129. The molecule has 0 aromatic heterocycles. The van der Waals surface area contributed by atoms with Gasteiger partial charge in [0.25, 0.3) is 5.91 Å². The maximum atomic E-state index is 13.8. The lowest BCUT2D eigenvalue weighted by Gasteiger charge is -2.32. The number of benzene rings is 2. The highest BCUT2D eigenvalue weighted by atomic mass is 19.1. The van der Waals surface area contributed by atoms with Crippen molar-refractivity contribution < 1.29 is 14.0 Å². The van der Waals surface area contributed by atoms with Gasteiger partial charge in [-0.3, -0.25) is 9.59 Å². The third-order valence-corrected chi connectivity index (χ3v) is 5.12. The highest BCUT2D eigenvalue weighted by Crippen LogP contribution is 2.17. The van der Waals surface area contributed by atoms with Gasteiger partial charge in [-0.2, -0.15) is 0 Å². The van der Waals surface area contributed by atoms with E-state index in [1.807, 2.05) is 11.9 Å². The number of hydrogen-bond acceptors (Lipinski definition) is 3. The summed E-state index contributed by atoms with van der Waals surface area (Å²) in [5.41, 5.74) is 1.76. The summed E-state index contributed by atoms with van der Waals surface area (Å²) in [6.07, 6.45) is 0.332. The molecule has 3 rings (SSSR count). The van der Waals surface area contributed by atoms with E-state index in [0.29, 0.717) is 23.2 Å². The molecule has 1 saturated heterocycles. The Balaban J connectivity index is 1.57. The molecule has 2 aromatic carbocycles. The fraction of sp³-hybridized carbons (Fsp3) is 0.364. The number of piperazine rings is 1. The molecular weight excluding hydrogens is 357 g/mol. The summed E-state index contributed by atoms with van der Waals surface area (Å²) in [5, 5.41) is 2.84. The summed E-state index contributed by atoms with van der Waals surface area (Å²) >= 11 is 0. The molecule has 0 bridgehead atoms. The molecule has 1 atom stereocenters. The number of amides is 2. The number of likely N-dealkylation sites (N-methyl/N-ethyl adjacent to an activating group) is 1. The van der Waals surface area contributed by atoms with E-state index in [1.165, 1.54) is 6.07 Å². The summed E-state index contributed by atoms with van der Waals surface area (Å²) in [5.74, 6) is -0.835. The minimum atomic E-state index is -0.372. The van der Waals surface area contributed by atoms with E-state index >= 15 is 0 Å². The molecule has 0 spiro atoms. The van der Waals surface area contributed by atoms with Gasteiger partial charge in [-0.15, -0.1) is 0 Å². The molecule has 1 N–H and O–H groups in total. The van der Waals surface area contributed by atoms with Crippen molar-refractivity contribution in [2.24, 2.45) is 5.92 Å². The van der Waals surface area contributed by atoms with Gasteiger partial charge in [0, 0.05) is 43.3 Å². The Morgan fingerprint density at radius 2 is 1.68 bits per heavy atom. The fourth-order valence-electron chi connectivity index (χ4n) is 3.24. The Morgan fingerprint density at radius 1 is 1.04 bits per heavy atom. The largest absolute Gasteiger partial charge is 0.336 e. The number of nitrogens with zero attached hydrogens (tertiary/aromatic N) is 2. The molecule has 1 heterocycles. The van der Waals surface area contributed by atoms with E-state index in [9.17, 15) is 14.0 Å². The van der Waals surface area contributed by atoms with Crippen LogP contribution in [0.1, 0.15) is 22.8 Å². The van der Waals surface area contributed by atoms with Crippen LogP contribution in [0, 0.1) is 11.7 Å². The standard InChI is InChI=1S/C22H26FN3O2/c1-16(15-18-5-3-4-6-20(18)23)21(27)24-19-9-7-17(8-10-19)22(28)26-13-11-25(2)12-14-26/h3-10,16H,11-15H2,1-2H3,(H,24,27). The van der Waals surface area contributed by atoms with Crippen LogP contribution >= 0.6 is 0 Å². The monoisotopic (exact) mass is 383 g/mol. The number of rotatable bonds is 5. The van der Waals surface area contributed by atoms with E-state index in [4.69, 9.17) is 0 Å². The van der Waals surface area contributed by atoms with Crippen molar-refractivity contribution in [2.75, 3.05) is 38.5 Å². The average molecular weight is 383 g/mol. The zero-order chi connectivity index (χ0) is 20.1.